The predicted octanol–water partition coefficient (Wildman–Crippen LogP) is 3.29. The molecule has 0 aliphatic carbocycles. The summed E-state index contributed by atoms with van der Waals surface area (Å²) in [5.41, 5.74) is 0.915. The van der Waals surface area contributed by atoms with Crippen LogP contribution in [0, 0.1) is 5.92 Å². The Morgan fingerprint density at radius 1 is 1.12 bits per heavy atom. The molecule has 144 valence electrons. The van der Waals surface area contributed by atoms with Gasteiger partial charge in [0.15, 0.2) is 0 Å². The standard InChI is InChI=1S/C20H32N4OS/c1-16(23-14-12-22(2)13-15-23)17-8-10-24(11-9-17)20(25)21-18-6-4-5-7-19(18)26-3/h4-7,16-17H,8-15H2,1-3H3,(H,21,25). The van der Waals surface area contributed by atoms with Crippen LogP contribution in [-0.2, 0) is 0 Å². The van der Waals surface area contributed by atoms with E-state index in [-0.39, 0.29) is 6.03 Å². The number of urea groups is 1. The average Bonchev–Trinajstić information content (AvgIpc) is 2.68. The molecule has 0 saturated carbocycles. The van der Waals surface area contributed by atoms with Crippen molar-refractivity contribution in [2.75, 3.05) is 57.9 Å². The maximum atomic E-state index is 12.6. The first kappa shape index (κ1) is 19.5. The van der Waals surface area contributed by atoms with Crippen LogP contribution in [0.1, 0.15) is 19.8 Å². The van der Waals surface area contributed by atoms with E-state index in [9.17, 15) is 4.79 Å². The second-order valence-electron chi connectivity index (χ2n) is 7.53. The molecule has 0 bridgehead atoms. The van der Waals surface area contributed by atoms with Gasteiger partial charge in [0.1, 0.15) is 0 Å². The minimum atomic E-state index is 0.0391. The number of para-hydroxylation sites is 1. The molecular formula is C20H32N4OS. The molecule has 1 N–H and O–H groups in total. The molecule has 26 heavy (non-hydrogen) atoms. The van der Waals surface area contributed by atoms with Crippen LogP contribution in [0.5, 0.6) is 0 Å². The summed E-state index contributed by atoms with van der Waals surface area (Å²) in [6.45, 7) is 8.76. The van der Waals surface area contributed by atoms with E-state index in [4.69, 9.17) is 0 Å². The fourth-order valence-corrected chi connectivity index (χ4v) is 4.61. The molecule has 0 radical (unpaired) electrons. The average molecular weight is 377 g/mol. The molecule has 5 nitrogen and oxygen atoms in total. The highest BCUT2D eigenvalue weighted by Crippen LogP contribution is 2.27. The number of likely N-dealkylation sites (N-methyl/N-ethyl adjacent to an activating group) is 1. The van der Waals surface area contributed by atoms with Crippen LogP contribution in [-0.4, -0.2) is 79.3 Å². The van der Waals surface area contributed by atoms with Gasteiger partial charge in [-0.1, -0.05) is 12.1 Å². The minimum Gasteiger partial charge on any atom is -0.325 e. The van der Waals surface area contributed by atoms with Gasteiger partial charge in [-0.3, -0.25) is 4.90 Å². The van der Waals surface area contributed by atoms with Crippen LogP contribution in [0.15, 0.2) is 29.2 Å². The number of hydrogen-bond acceptors (Lipinski definition) is 4. The van der Waals surface area contributed by atoms with Crippen molar-refractivity contribution in [2.24, 2.45) is 5.92 Å². The molecule has 0 aromatic heterocycles. The number of likely N-dealkylation sites (tertiary alicyclic amines) is 1. The van der Waals surface area contributed by atoms with Crippen LogP contribution in [0.4, 0.5) is 10.5 Å². The first-order valence-electron chi connectivity index (χ1n) is 9.70. The number of thioether (sulfide) groups is 1. The summed E-state index contributed by atoms with van der Waals surface area (Å²) >= 11 is 1.66. The highest BCUT2D eigenvalue weighted by Gasteiger charge is 2.30. The monoisotopic (exact) mass is 376 g/mol. The number of hydrogen-bond donors (Lipinski definition) is 1. The van der Waals surface area contributed by atoms with Gasteiger partial charge in [0.05, 0.1) is 5.69 Å². The molecule has 2 saturated heterocycles. The molecular weight excluding hydrogens is 344 g/mol. The van der Waals surface area contributed by atoms with Crippen molar-refractivity contribution in [1.82, 2.24) is 14.7 Å². The molecule has 3 rings (SSSR count). The number of carbonyl (C=O) groups excluding carboxylic acids is 1. The molecule has 2 heterocycles. The topological polar surface area (TPSA) is 38.8 Å². The lowest BCUT2D eigenvalue weighted by Crippen LogP contribution is -2.52. The van der Waals surface area contributed by atoms with Gasteiger partial charge < -0.3 is 15.1 Å². The third-order valence-corrected chi connectivity index (χ3v) is 6.77. The Kier molecular flexibility index (Phi) is 6.84. The number of benzene rings is 1. The van der Waals surface area contributed by atoms with Gasteiger partial charge in [0, 0.05) is 50.2 Å². The van der Waals surface area contributed by atoms with Gasteiger partial charge in [-0.2, -0.15) is 0 Å². The SMILES string of the molecule is CSc1ccccc1NC(=O)N1CCC(C(C)N2CCN(C)CC2)CC1. The van der Waals surface area contributed by atoms with Crippen molar-refractivity contribution in [3.63, 3.8) is 0 Å². The van der Waals surface area contributed by atoms with Crippen molar-refractivity contribution >= 4 is 23.5 Å². The zero-order valence-electron chi connectivity index (χ0n) is 16.3. The second-order valence-corrected chi connectivity index (χ2v) is 8.38. The third-order valence-electron chi connectivity index (χ3n) is 5.97. The summed E-state index contributed by atoms with van der Waals surface area (Å²) in [5, 5.41) is 3.09. The number of anilines is 1. The number of amides is 2. The quantitative estimate of drug-likeness (QED) is 0.819. The molecule has 2 amide bonds. The Morgan fingerprint density at radius 3 is 2.42 bits per heavy atom. The number of nitrogens with zero attached hydrogens (tertiary/aromatic N) is 3. The van der Waals surface area contributed by atoms with Crippen LogP contribution >= 0.6 is 11.8 Å². The van der Waals surface area contributed by atoms with Crippen LogP contribution < -0.4 is 5.32 Å². The van der Waals surface area contributed by atoms with E-state index in [1.165, 1.54) is 26.2 Å². The summed E-state index contributed by atoms with van der Waals surface area (Å²) in [6, 6.07) is 8.66. The van der Waals surface area contributed by atoms with Gasteiger partial charge in [0.2, 0.25) is 0 Å². The maximum absolute atomic E-state index is 12.6. The van der Waals surface area contributed by atoms with Gasteiger partial charge in [-0.25, -0.2) is 4.79 Å². The Balaban J connectivity index is 1.49. The number of rotatable bonds is 4. The molecule has 2 aliphatic rings. The third kappa shape index (κ3) is 4.72. The lowest BCUT2D eigenvalue weighted by atomic mass is 9.89. The number of piperazine rings is 1. The number of carbonyl (C=O) groups is 1. The van der Waals surface area contributed by atoms with Gasteiger partial charge >= 0.3 is 6.03 Å². The summed E-state index contributed by atoms with van der Waals surface area (Å²) in [6.07, 6.45) is 4.24. The van der Waals surface area contributed by atoms with Crippen LogP contribution in [0.25, 0.3) is 0 Å². The summed E-state index contributed by atoms with van der Waals surface area (Å²) < 4.78 is 0. The smallest absolute Gasteiger partial charge is 0.321 e. The summed E-state index contributed by atoms with van der Waals surface area (Å²) in [7, 11) is 2.20. The molecule has 2 fully saturated rings. The van der Waals surface area contributed by atoms with Crippen LogP contribution in [0.2, 0.25) is 0 Å². The van der Waals surface area contributed by atoms with E-state index >= 15 is 0 Å². The van der Waals surface area contributed by atoms with Crippen molar-refractivity contribution in [1.29, 1.82) is 0 Å². The molecule has 1 unspecified atom stereocenters. The van der Waals surface area contributed by atoms with Crippen LogP contribution in [0.3, 0.4) is 0 Å². The Morgan fingerprint density at radius 2 is 1.77 bits per heavy atom. The fourth-order valence-electron chi connectivity index (χ4n) is 4.05. The Labute approximate surface area is 162 Å². The van der Waals surface area contributed by atoms with E-state index in [2.05, 4.69) is 29.1 Å². The molecule has 1 atom stereocenters. The maximum Gasteiger partial charge on any atom is 0.321 e. The first-order valence-corrected chi connectivity index (χ1v) is 10.9. The van der Waals surface area contributed by atoms with E-state index < -0.39 is 0 Å². The van der Waals surface area contributed by atoms with Crippen molar-refractivity contribution < 1.29 is 4.79 Å². The molecule has 6 heteroatoms. The Bertz CT molecular complexity index is 595. The summed E-state index contributed by atoms with van der Waals surface area (Å²) in [5.74, 6) is 0.695. The van der Waals surface area contributed by atoms with Crippen molar-refractivity contribution in [3.8, 4) is 0 Å². The van der Waals surface area contributed by atoms with Gasteiger partial charge in [0.25, 0.3) is 0 Å². The highest BCUT2D eigenvalue weighted by molar-refractivity contribution is 7.98. The first-order chi connectivity index (χ1) is 12.6. The highest BCUT2D eigenvalue weighted by atomic mass is 32.2. The van der Waals surface area contributed by atoms with Gasteiger partial charge in [-0.15, -0.1) is 11.8 Å². The van der Waals surface area contributed by atoms with Crippen molar-refractivity contribution in [2.45, 2.75) is 30.7 Å². The number of nitrogens with one attached hydrogen (secondary N) is 1. The fraction of sp³-hybridized carbons (Fsp3) is 0.650. The van der Waals surface area contributed by atoms with Crippen molar-refractivity contribution in [3.05, 3.63) is 24.3 Å². The molecule has 0 spiro atoms. The van der Waals surface area contributed by atoms with E-state index in [0.717, 1.165) is 36.5 Å². The molecule has 1 aromatic carbocycles. The lowest BCUT2D eigenvalue weighted by molar-refractivity contribution is 0.0676. The summed E-state index contributed by atoms with van der Waals surface area (Å²) in [4.78, 5) is 20.8. The van der Waals surface area contributed by atoms with Gasteiger partial charge in [-0.05, 0) is 51.1 Å². The second kappa shape index (κ2) is 9.11. The number of piperidine rings is 1. The minimum absolute atomic E-state index is 0.0391. The van der Waals surface area contributed by atoms with E-state index in [1.807, 2.05) is 35.4 Å². The largest absolute Gasteiger partial charge is 0.325 e. The molecule has 2 aliphatic heterocycles. The predicted molar refractivity (Wildman–Crippen MR) is 110 cm³/mol. The zero-order chi connectivity index (χ0) is 18.5. The zero-order valence-corrected chi connectivity index (χ0v) is 17.1. The Hall–Kier alpha value is -1.24. The lowest BCUT2D eigenvalue weighted by Gasteiger charge is -2.42. The molecule has 1 aromatic rings. The normalized spacial score (nSPS) is 21.6. The van der Waals surface area contributed by atoms with E-state index in [1.54, 1.807) is 11.8 Å². The van der Waals surface area contributed by atoms with E-state index in [0.29, 0.717) is 12.0 Å².